The Labute approximate surface area is 92.2 Å². The monoisotopic (exact) mass is 217 g/mol. The summed E-state index contributed by atoms with van der Waals surface area (Å²) in [6.45, 7) is 1.77. The number of methoxy groups -OCH3 is 1. The summed E-state index contributed by atoms with van der Waals surface area (Å²) in [4.78, 5) is 22.2. The van der Waals surface area contributed by atoms with Crippen molar-refractivity contribution in [2.45, 2.75) is 6.92 Å². The Morgan fingerprint density at radius 2 is 2.19 bits per heavy atom. The highest BCUT2D eigenvalue weighted by molar-refractivity contribution is 5.53. The van der Waals surface area contributed by atoms with Crippen molar-refractivity contribution < 1.29 is 4.74 Å². The summed E-state index contributed by atoms with van der Waals surface area (Å²) >= 11 is 0. The third-order valence-electron chi connectivity index (χ3n) is 2.09. The molecule has 0 bridgehead atoms. The maximum absolute atomic E-state index is 11.3. The van der Waals surface area contributed by atoms with Crippen molar-refractivity contribution in [2.24, 2.45) is 0 Å². The van der Waals surface area contributed by atoms with Gasteiger partial charge in [0.1, 0.15) is 5.82 Å². The van der Waals surface area contributed by atoms with Crippen LogP contribution in [-0.2, 0) is 0 Å². The fourth-order valence-electron chi connectivity index (χ4n) is 1.36. The molecule has 0 saturated heterocycles. The first-order valence-electron chi connectivity index (χ1n) is 4.77. The van der Waals surface area contributed by atoms with E-state index >= 15 is 0 Å². The van der Waals surface area contributed by atoms with E-state index in [-0.39, 0.29) is 5.56 Å². The number of H-pyrrole nitrogens is 1. The average molecular weight is 217 g/mol. The molecule has 0 fully saturated rings. The molecule has 0 saturated carbocycles. The van der Waals surface area contributed by atoms with E-state index in [2.05, 4.69) is 15.0 Å². The van der Waals surface area contributed by atoms with E-state index in [0.29, 0.717) is 17.4 Å². The summed E-state index contributed by atoms with van der Waals surface area (Å²) in [6, 6.07) is 4.96. The molecular formula is C11H11N3O2. The molecule has 2 aromatic heterocycles. The maximum Gasteiger partial charge on any atom is 0.251 e. The van der Waals surface area contributed by atoms with E-state index in [1.165, 1.54) is 6.07 Å². The van der Waals surface area contributed by atoms with Crippen LogP contribution in [0, 0.1) is 6.92 Å². The fraction of sp³-hybridized carbons (Fsp3) is 0.182. The maximum atomic E-state index is 11.3. The number of aryl methyl sites for hydroxylation is 1. The average Bonchev–Trinajstić information content (AvgIpc) is 2.28. The molecule has 2 rings (SSSR count). The second-order valence-electron chi connectivity index (χ2n) is 3.32. The van der Waals surface area contributed by atoms with Gasteiger partial charge in [-0.05, 0) is 13.0 Å². The number of aromatic nitrogens is 3. The minimum Gasteiger partial charge on any atom is -0.481 e. The summed E-state index contributed by atoms with van der Waals surface area (Å²) < 4.78 is 4.95. The molecule has 0 amide bonds. The van der Waals surface area contributed by atoms with Gasteiger partial charge in [0.25, 0.3) is 5.56 Å². The zero-order chi connectivity index (χ0) is 11.5. The highest BCUT2D eigenvalue weighted by Crippen LogP contribution is 2.15. The molecule has 0 aliphatic heterocycles. The summed E-state index contributed by atoms with van der Waals surface area (Å²) in [7, 11) is 1.55. The van der Waals surface area contributed by atoms with Crippen LogP contribution in [0.2, 0.25) is 0 Å². The van der Waals surface area contributed by atoms with E-state index in [0.717, 1.165) is 5.56 Å². The standard InChI is InChI=1S/C11H11N3O2/c1-7-5-9(15)14-11(13-7)8-3-4-10(16-2)12-6-8/h3-6H,1-2H3,(H,13,14,15). The second-order valence-corrected chi connectivity index (χ2v) is 3.32. The van der Waals surface area contributed by atoms with Gasteiger partial charge in [-0.25, -0.2) is 9.97 Å². The molecule has 2 heterocycles. The van der Waals surface area contributed by atoms with Gasteiger partial charge in [0.05, 0.1) is 7.11 Å². The SMILES string of the molecule is COc1ccc(-c2nc(C)cc(=O)[nH]2)cn1. The lowest BCUT2D eigenvalue weighted by Crippen LogP contribution is -2.08. The lowest BCUT2D eigenvalue weighted by Gasteiger charge is -2.02. The highest BCUT2D eigenvalue weighted by atomic mass is 16.5. The van der Waals surface area contributed by atoms with Crippen molar-refractivity contribution in [1.82, 2.24) is 15.0 Å². The minimum atomic E-state index is -0.168. The number of hydrogen-bond acceptors (Lipinski definition) is 4. The molecule has 0 aromatic carbocycles. The Morgan fingerprint density at radius 1 is 1.38 bits per heavy atom. The van der Waals surface area contributed by atoms with E-state index in [4.69, 9.17) is 4.74 Å². The number of ether oxygens (including phenoxy) is 1. The van der Waals surface area contributed by atoms with Crippen molar-refractivity contribution >= 4 is 0 Å². The summed E-state index contributed by atoms with van der Waals surface area (Å²) in [6.07, 6.45) is 1.61. The first-order valence-corrected chi connectivity index (χ1v) is 4.77. The van der Waals surface area contributed by atoms with Crippen LogP contribution in [0.1, 0.15) is 5.69 Å². The van der Waals surface area contributed by atoms with Crippen LogP contribution in [0.4, 0.5) is 0 Å². The van der Waals surface area contributed by atoms with Crippen molar-refractivity contribution in [3.8, 4) is 17.3 Å². The molecule has 82 valence electrons. The topological polar surface area (TPSA) is 67.9 Å². The first-order chi connectivity index (χ1) is 7.69. The second kappa shape index (κ2) is 4.14. The largest absolute Gasteiger partial charge is 0.481 e. The molecule has 16 heavy (non-hydrogen) atoms. The molecule has 0 unspecified atom stereocenters. The van der Waals surface area contributed by atoms with Gasteiger partial charge in [-0.2, -0.15) is 0 Å². The third-order valence-corrected chi connectivity index (χ3v) is 2.09. The van der Waals surface area contributed by atoms with Crippen LogP contribution in [0.15, 0.2) is 29.2 Å². The lowest BCUT2D eigenvalue weighted by molar-refractivity contribution is 0.398. The normalized spacial score (nSPS) is 10.1. The van der Waals surface area contributed by atoms with Crippen LogP contribution >= 0.6 is 0 Å². The van der Waals surface area contributed by atoms with Crippen LogP contribution in [-0.4, -0.2) is 22.1 Å². The fourth-order valence-corrected chi connectivity index (χ4v) is 1.36. The van der Waals surface area contributed by atoms with Gasteiger partial charge < -0.3 is 9.72 Å². The zero-order valence-corrected chi connectivity index (χ0v) is 9.02. The Balaban J connectivity index is 2.46. The molecule has 5 nitrogen and oxygen atoms in total. The van der Waals surface area contributed by atoms with Gasteiger partial charge in [-0.15, -0.1) is 0 Å². The number of nitrogens with zero attached hydrogens (tertiary/aromatic N) is 2. The summed E-state index contributed by atoms with van der Waals surface area (Å²) in [5, 5.41) is 0. The van der Waals surface area contributed by atoms with Gasteiger partial charge >= 0.3 is 0 Å². The molecule has 5 heteroatoms. The van der Waals surface area contributed by atoms with Crippen LogP contribution in [0.25, 0.3) is 11.4 Å². The van der Waals surface area contributed by atoms with Crippen molar-refractivity contribution in [1.29, 1.82) is 0 Å². The number of rotatable bonds is 2. The molecular weight excluding hydrogens is 206 g/mol. The quantitative estimate of drug-likeness (QED) is 0.819. The Morgan fingerprint density at radius 3 is 2.75 bits per heavy atom. The van der Waals surface area contributed by atoms with Gasteiger partial charge in [0.2, 0.25) is 5.88 Å². The lowest BCUT2D eigenvalue weighted by atomic mass is 10.2. The number of aromatic amines is 1. The molecule has 1 N–H and O–H groups in total. The molecule has 0 aliphatic rings. The first kappa shape index (κ1) is 10.4. The van der Waals surface area contributed by atoms with Gasteiger partial charge in [-0.1, -0.05) is 0 Å². The molecule has 0 atom stereocenters. The van der Waals surface area contributed by atoms with Gasteiger partial charge in [-0.3, -0.25) is 4.79 Å². The molecule has 0 aliphatic carbocycles. The van der Waals surface area contributed by atoms with Crippen molar-refractivity contribution in [3.05, 3.63) is 40.4 Å². The predicted molar refractivity (Wildman–Crippen MR) is 59.4 cm³/mol. The molecule has 0 radical (unpaired) electrons. The van der Waals surface area contributed by atoms with Crippen LogP contribution in [0.3, 0.4) is 0 Å². The summed E-state index contributed by atoms with van der Waals surface area (Å²) in [5.41, 5.74) is 1.26. The highest BCUT2D eigenvalue weighted by Gasteiger charge is 2.02. The third kappa shape index (κ3) is 2.08. The molecule has 2 aromatic rings. The molecule has 0 spiro atoms. The number of nitrogens with one attached hydrogen (secondary N) is 1. The van der Waals surface area contributed by atoms with E-state index in [1.807, 2.05) is 0 Å². The van der Waals surface area contributed by atoms with Crippen LogP contribution < -0.4 is 10.3 Å². The van der Waals surface area contributed by atoms with E-state index in [1.54, 1.807) is 32.4 Å². The van der Waals surface area contributed by atoms with Crippen molar-refractivity contribution in [2.75, 3.05) is 7.11 Å². The van der Waals surface area contributed by atoms with Gasteiger partial charge in [0, 0.05) is 29.6 Å². The summed E-state index contributed by atoms with van der Waals surface area (Å²) in [5.74, 6) is 1.04. The predicted octanol–water partition coefficient (Wildman–Crippen LogP) is 1.15. The Bertz CT molecular complexity index is 546. The van der Waals surface area contributed by atoms with Crippen LogP contribution in [0.5, 0.6) is 5.88 Å². The zero-order valence-electron chi connectivity index (χ0n) is 9.02. The van der Waals surface area contributed by atoms with E-state index in [9.17, 15) is 4.79 Å². The van der Waals surface area contributed by atoms with E-state index < -0.39 is 0 Å². The number of pyridine rings is 1. The number of hydrogen-bond donors (Lipinski definition) is 1. The Kier molecular flexibility index (Phi) is 2.68. The Hall–Kier alpha value is -2.17. The van der Waals surface area contributed by atoms with Gasteiger partial charge in [0.15, 0.2) is 0 Å². The minimum absolute atomic E-state index is 0.168. The smallest absolute Gasteiger partial charge is 0.251 e. The van der Waals surface area contributed by atoms with Crippen molar-refractivity contribution in [3.63, 3.8) is 0 Å².